The van der Waals surface area contributed by atoms with Crippen molar-refractivity contribution in [2.45, 2.75) is 19.3 Å². The Kier molecular flexibility index (Phi) is 10.9. The molecule has 8 heteroatoms. The fourth-order valence-electron chi connectivity index (χ4n) is 4.02. The maximum absolute atomic E-state index is 13.3. The summed E-state index contributed by atoms with van der Waals surface area (Å²) in [6, 6.07) is 10.00. The minimum Gasteiger partial charge on any atom is -0.384 e. The van der Waals surface area contributed by atoms with E-state index in [2.05, 4.69) is 17.1 Å². The number of amides is 1. The van der Waals surface area contributed by atoms with Crippen molar-refractivity contribution in [1.82, 2.24) is 15.1 Å². The van der Waals surface area contributed by atoms with Gasteiger partial charge in [-0.25, -0.2) is 0 Å². The molecule has 2 aliphatic heterocycles. The van der Waals surface area contributed by atoms with E-state index in [4.69, 9.17) is 14.5 Å². The zero-order chi connectivity index (χ0) is 20.5. The molecule has 0 saturated carbocycles. The molecule has 2 fully saturated rings. The highest BCUT2D eigenvalue weighted by molar-refractivity contribution is 14.0. The Morgan fingerprint density at radius 3 is 2.63 bits per heavy atom. The van der Waals surface area contributed by atoms with Crippen molar-refractivity contribution >= 4 is 35.8 Å². The first kappa shape index (κ1) is 24.9. The molecule has 2 aliphatic rings. The average Bonchev–Trinajstić information content (AvgIpc) is 3.23. The maximum Gasteiger partial charge on any atom is 0.232 e. The van der Waals surface area contributed by atoms with Crippen LogP contribution < -0.4 is 5.32 Å². The van der Waals surface area contributed by atoms with Gasteiger partial charge in [-0.3, -0.25) is 9.79 Å². The summed E-state index contributed by atoms with van der Waals surface area (Å²) in [6.45, 7) is 8.51. The van der Waals surface area contributed by atoms with Crippen LogP contribution in [-0.2, 0) is 14.3 Å². The van der Waals surface area contributed by atoms with Crippen LogP contribution in [0.2, 0.25) is 0 Å². The van der Waals surface area contributed by atoms with Crippen LogP contribution in [0.15, 0.2) is 35.3 Å². The predicted molar refractivity (Wildman–Crippen MR) is 130 cm³/mol. The topological polar surface area (TPSA) is 66.4 Å². The molecule has 1 aromatic carbocycles. The van der Waals surface area contributed by atoms with Crippen LogP contribution in [0.3, 0.4) is 0 Å². The van der Waals surface area contributed by atoms with E-state index in [1.54, 1.807) is 7.11 Å². The quantitative estimate of drug-likeness (QED) is 0.333. The fourth-order valence-corrected chi connectivity index (χ4v) is 4.02. The molecule has 1 aromatic rings. The van der Waals surface area contributed by atoms with Crippen LogP contribution in [0.1, 0.15) is 24.8 Å². The van der Waals surface area contributed by atoms with Crippen molar-refractivity contribution in [3.05, 3.63) is 35.9 Å². The lowest BCUT2D eigenvalue weighted by molar-refractivity contribution is -0.136. The van der Waals surface area contributed by atoms with Crippen LogP contribution in [-0.4, -0.2) is 87.9 Å². The number of aliphatic imine (C=N–C) groups is 1. The largest absolute Gasteiger partial charge is 0.384 e. The van der Waals surface area contributed by atoms with Gasteiger partial charge >= 0.3 is 0 Å². The standard InChI is InChI=1S/C22H34N4O3.HI/c1-3-23-22(26-10-9-18(16-26)17-28-2)24-15-20(19-7-5-4-6-8-19)21(27)25-11-13-29-14-12-25;/h4-8,18,20H,3,9-17H2,1-2H3,(H,23,24);1H. The first-order valence-corrected chi connectivity index (χ1v) is 10.7. The first-order valence-electron chi connectivity index (χ1n) is 10.7. The second-order valence-electron chi connectivity index (χ2n) is 7.65. The number of nitrogens with one attached hydrogen (secondary N) is 1. The van der Waals surface area contributed by atoms with Gasteiger partial charge < -0.3 is 24.6 Å². The lowest BCUT2D eigenvalue weighted by Gasteiger charge is -2.30. The molecule has 0 bridgehead atoms. The van der Waals surface area contributed by atoms with E-state index in [0.29, 0.717) is 38.8 Å². The van der Waals surface area contributed by atoms with Crippen LogP contribution in [0.5, 0.6) is 0 Å². The van der Waals surface area contributed by atoms with E-state index in [1.165, 1.54) is 0 Å². The highest BCUT2D eigenvalue weighted by Gasteiger charge is 2.29. The normalized spacial score (nSPS) is 20.6. The Balaban J connectivity index is 0.00000320. The Labute approximate surface area is 197 Å². The van der Waals surface area contributed by atoms with Crippen LogP contribution in [0, 0.1) is 5.92 Å². The number of benzene rings is 1. The van der Waals surface area contributed by atoms with Gasteiger partial charge in [0.25, 0.3) is 0 Å². The number of likely N-dealkylation sites (tertiary alicyclic amines) is 1. The summed E-state index contributed by atoms with van der Waals surface area (Å²) in [6.07, 6.45) is 1.10. The Morgan fingerprint density at radius 2 is 1.97 bits per heavy atom. The minimum absolute atomic E-state index is 0. The summed E-state index contributed by atoms with van der Waals surface area (Å²) in [5.41, 5.74) is 1.02. The number of carbonyl (C=O) groups excluding carboxylic acids is 1. The SMILES string of the molecule is CCNC(=NCC(C(=O)N1CCOCC1)c1ccccc1)N1CCC(COC)C1.I. The minimum atomic E-state index is -0.277. The van der Waals surface area contributed by atoms with E-state index in [-0.39, 0.29) is 35.8 Å². The van der Waals surface area contributed by atoms with E-state index in [9.17, 15) is 4.79 Å². The molecular weight excluding hydrogens is 495 g/mol. The van der Waals surface area contributed by atoms with Gasteiger partial charge in [-0.1, -0.05) is 30.3 Å². The lowest BCUT2D eigenvalue weighted by Crippen LogP contribution is -2.44. The molecule has 2 heterocycles. The molecule has 2 unspecified atom stereocenters. The van der Waals surface area contributed by atoms with Gasteiger partial charge in [-0.15, -0.1) is 24.0 Å². The molecular formula is C22H35IN4O3. The zero-order valence-electron chi connectivity index (χ0n) is 18.1. The summed E-state index contributed by atoms with van der Waals surface area (Å²) in [7, 11) is 1.75. The van der Waals surface area contributed by atoms with Crippen LogP contribution in [0.4, 0.5) is 0 Å². The van der Waals surface area contributed by atoms with Crippen molar-refractivity contribution in [1.29, 1.82) is 0 Å². The average molecular weight is 530 g/mol. The zero-order valence-corrected chi connectivity index (χ0v) is 20.4. The molecule has 2 saturated heterocycles. The maximum atomic E-state index is 13.3. The monoisotopic (exact) mass is 530 g/mol. The number of ether oxygens (including phenoxy) is 2. The molecule has 30 heavy (non-hydrogen) atoms. The summed E-state index contributed by atoms with van der Waals surface area (Å²) >= 11 is 0. The van der Waals surface area contributed by atoms with Crippen LogP contribution in [0.25, 0.3) is 0 Å². The van der Waals surface area contributed by atoms with E-state index >= 15 is 0 Å². The molecule has 0 spiro atoms. The third-order valence-corrected chi connectivity index (χ3v) is 5.57. The van der Waals surface area contributed by atoms with Gasteiger partial charge in [-0.05, 0) is 18.9 Å². The third-order valence-electron chi connectivity index (χ3n) is 5.57. The highest BCUT2D eigenvalue weighted by atomic mass is 127. The summed E-state index contributed by atoms with van der Waals surface area (Å²) in [4.78, 5) is 22.4. The van der Waals surface area contributed by atoms with Gasteiger partial charge in [0.2, 0.25) is 5.91 Å². The van der Waals surface area contributed by atoms with Gasteiger partial charge in [0.1, 0.15) is 0 Å². The highest BCUT2D eigenvalue weighted by Crippen LogP contribution is 2.21. The number of morpholine rings is 1. The fraction of sp³-hybridized carbons (Fsp3) is 0.636. The number of methoxy groups -OCH3 is 1. The van der Waals surface area contributed by atoms with Crippen molar-refractivity contribution in [2.75, 3.05) is 66.2 Å². The second-order valence-corrected chi connectivity index (χ2v) is 7.65. The number of rotatable bonds is 7. The third kappa shape index (κ3) is 6.81. The number of hydrogen-bond donors (Lipinski definition) is 1. The Bertz CT molecular complexity index is 668. The van der Waals surface area contributed by atoms with Gasteiger partial charge in [0.05, 0.1) is 32.3 Å². The second kappa shape index (κ2) is 13.1. The number of guanidine groups is 1. The molecule has 2 atom stereocenters. The first-order chi connectivity index (χ1) is 14.2. The lowest BCUT2D eigenvalue weighted by atomic mass is 9.97. The molecule has 0 aliphatic carbocycles. The van der Waals surface area contributed by atoms with Crippen molar-refractivity contribution in [3.8, 4) is 0 Å². The summed E-state index contributed by atoms with van der Waals surface area (Å²) in [5, 5.41) is 3.40. The van der Waals surface area contributed by atoms with E-state index in [0.717, 1.165) is 44.2 Å². The molecule has 7 nitrogen and oxygen atoms in total. The predicted octanol–water partition coefficient (Wildman–Crippen LogP) is 2.18. The van der Waals surface area contributed by atoms with Gasteiger partial charge in [0, 0.05) is 45.8 Å². The summed E-state index contributed by atoms with van der Waals surface area (Å²) in [5.74, 6) is 1.28. The van der Waals surface area contributed by atoms with Crippen molar-refractivity contribution < 1.29 is 14.3 Å². The number of nitrogens with zero attached hydrogens (tertiary/aromatic N) is 3. The molecule has 0 radical (unpaired) electrons. The summed E-state index contributed by atoms with van der Waals surface area (Å²) < 4.78 is 10.7. The Hall–Kier alpha value is -1.39. The number of hydrogen-bond acceptors (Lipinski definition) is 4. The smallest absolute Gasteiger partial charge is 0.232 e. The number of carbonyl (C=O) groups is 1. The molecule has 0 aromatic heterocycles. The molecule has 1 amide bonds. The molecule has 168 valence electrons. The Morgan fingerprint density at radius 1 is 1.23 bits per heavy atom. The van der Waals surface area contributed by atoms with E-state index in [1.807, 2.05) is 35.2 Å². The van der Waals surface area contributed by atoms with Gasteiger partial charge in [0.15, 0.2) is 5.96 Å². The van der Waals surface area contributed by atoms with Crippen molar-refractivity contribution in [2.24, 2.45) is 10.9 Å². The van der Waals surface area contributed by atoms with E-state index < -0.39 is 0 Å². The van der Waals surface area contributed by atoms with Gasteiger partial charge in [-0.2, -0.15) is 0 Å². The number of halogens is 1. The molecule has 3 rings (SSSR count). The molecule has 1 N–H and O–H groups in total. The van der Waals surface area contributed by atoms with Crippen LogP contribution >= 0.6 is 24.0 Å². The van der Waals surface area contributed by atoms with Crippen molar-refractivity contribution in [3.63, 3.8) is 0 Å².